The van der Waals surface area contributed by atoms with Crippen molar-refractivity contribution in [1.82, 2.24) is 4.98 Å². The maximum Gasteiger partial charge on any atom is 0.413 e. The Hall–Kier alpha value is -1.30. The van der Waals surface area contributed by atoms with Gasteiger partial charge in [-0.1, -0.05) is 0 Å². The summed E-state index contributed by atoms with van der Waals surface area (Å²) in [6.07, 6.45) is -1.01. The van der Waals surface area contributed by atoms with Crippen molar-refractivity contribution in [3.8, 4) is 5.75 Å². The van der Waals surface area contributed by atoms with Crippen LogP contribution in [0.1, 0.15) is 0 Å². The smallest absolute Gasteiger partial charge is 0.413 e. The maximum absolute atomic E-state index is 10.8. The minimum atomic E-state index is -1.01. The lowest BCUT2D eigenvalue weighted by atomic mass is 10.3. The molecule has 6 heteroatoms. The Morgan fingerprint density at radius 1 is 1.64 bits per heavy atom. The minimum Gasteiger partial charge on any atom is -0.488 e. The number of carbonyl (C=O) groups is 1. The van der Waals surface area contributed by atoms with Crippen LogP contribution in [0.25, 0.3) is 0 Å². The lowest BCUT2D eigenvalue weighted by molar-refractivity contribution is 0.196. The van der Waals surface area contributed by atoms with E-state index in [1.54, 1.807) is 12.1 Å². The molecule has 1 N–H and O–H groups in total. The molecule has 1 aromatic rings. The first kappa shape index (κ1) is 9.26. The number of aromatic nitrogens is 1. The van der Waals surface area contributed by atoms with Crippen molar-refractivity contribution >= 4 is 27.8 Å². The zero-order valence-electron chi connectivity index (χ0n) is 7.11. The Morgan fingerprint density at radius 2 is 2.43 bits per heavy atom. The number of fused-ring (bicyclic) bond motifs is 1. The summed E-state index contributed by atoms with van der Waals surface area (Å²) in [7, 11) is 0. The molecule has 14 heavy (non-hydrogen) atoms. The number of hydrogen-bond donors (Lipinski definition) is 1. The number of ether oxygens (including phenoxy) is 1. The number of amides is 1. The van der Waals surface area contributed by atoms with E-state index in [0.29, 0.717) is 29.3 Å². The van der Waals surface area contributed by atoms with Crippen LogP contribution in [0.5, 0.6) is 5.75 Å². The largest absolute Gasteiger partial charge is 0.488 e. The highest BCUT2D eigenvalue weighted by molar-refractivity contribution is 9.10. The topological polar surface area (TPSA) is 62.7 Å². The number of halogens is 1. The molecule has 0 radical (unpaired) electrons. The first-order chi connectivity index (χ1) is 6.68. The molecule has 0 bridgehead atoms. The van der Waals surface area contributed by atoms with E-state index in [-0.39, 0.29) is 0 Å². The maximum atomic E-state index is 10.8. The van der Waals surface area contributed by atoms with Crippen LogP contribution in [0.2, 0.25) is 0 Å². The molecule has 0 atom stereocenters. The fourth-order valence-electron chi connectivity index (χ4n) is 1.26. The molecular weight excluding hydrogens is 252 g/mol. The predicted octanol–water partition coefficient (Wildman–Crippen LogP) is 1.72. The highest BCUT2D eigenvalue weighted by Gasteiger charge is 2.24. The lowest BCUT2D eigenvalue weighted by Gasteiger charge is -2.25. The first-order valence-corrected chi connectivity index (χ1v) is 4.77. The van der Waals surface area contributed by atoms with Gasteiger partial charge in [0, 0.05) is 0 Å². The van der Waals surface area contributed by atoms with Gasteiger partial charge >= 0.3 is 6.09 Å². The Bertz CT molecular complexity index is 383. The summed E-state index contributed by atoms with van der Waals surface area (Å²) in [5, 5.41) is 8.89. The van der Waals surface area contributed by atoms with E-state index in [1.165, 1.54) is 4.90 Å². The van der Waals surface area contributed by atoms with Crippen LogP contribution in [0.3, 0.4) is 0 Å². The van der Waals surface area contributed by atoms with Crippen molar-refractivity contribution in [3.05, 3.63) is 16.7 Å². The van der Waals surface area contributed by atoms with Crippen LogP contribution in [0, 0.1) is 0 Å². The molecule has 2 heterocycles. The van der Waals surface area contributed by atoms with Gasteiger partial charge in [-0.25, -0.2) is 9.78 Å². The molecule has 5 nitrogen and oxygen atoms in total. The zero-order valence-corrected chi connectivity index (χ0v) is 8.69. The predicted molar refractivity (Wildman–Crippen MR) is 52.8 cm³/mol. The third-order valence-electron chi connectivity index (χ3n) is 1.86. The monoisotopic (exact) mass is 258 g/mol. The summed E-state index contributed by atoms with van der Waals surface area (Å²) >= 11 is 3.18. The molecule has 0 spiro atoms. The molecule has 1 aliphatic heterocycles. The Labute approximate surface area is 88.4 Å². The Balaban J connectivity index is 2.46. The van der Waals surface area contributed by atoms with E-state index in [4.69, 9.17) is 9.84 Å². The molecular formula is C8H7BrN2O3. The SMILES string of the molecule is O=C(O)N1CCOc2ccc(Br)nc21. The summed E-state index contributed by atoms with van der Waals surface area (Å²) in [5.41, 5.74) is 0. The van der Waals surface area contributed by atoms with Crippen molar-refractivity contribution < 1.29 is 14.6 Å². The quantitative estimate of drug-likeness (QED) is 0.720. The average molecular weight is 259 g/mol. The van der Waals surface area contributed by atoms with Crippen LogP contribution < -0.4 is 9.64 Å². The van der Waals surface area contributed by atoms with Gasteiger partial charge in [-0.3, -0.25) is 4.90 Å². The van der Waals surface area contributed by atoms with Gasteiger partial charge < -0.3 is 9.84 Å². The Kier molecular flexibility index (Phi) is 2.28. The number of carboxylic acid groups (broad SMARTS) is 1. The normalized spacial score (nSPS) is 14.5. The Morgan fingerprint density at radius 3 is 3.14 bits per heavy atom. The zero-order chi connectivity index (χ0) is 10.1. The van der Waals surface area contributed by atoms with E-state index in [0.717, 1.165) is 0 Å². The molecule has 0 aromatic carbocycles. The second-order valence-electron chi connectivity index (χ2n) is 2.74. The van der Waals surface area contributed by atoms with Gasteiger partial charge in [-0.05, 0) is 28.1 Å². The van der Waals surface area contributed by atoms with Crippen molar-refractivity contribution in [3.63, 3.8) is 0 Å². The third kappa shape index (κ3) is 1.52. The summed E-state index contributed by atoms with van der Waals surface area (Å²) in [4.78, 5) is 16.1. The third-order valence-corrected chi connectivity index (χ3v) is 2.31. The molecule has 0 aliphatic carbocycles. The molecule has 1 aliphatic rings. The molecule has 74 valence electrons. The number of nitrogens with zero attached hydrogens (tertiary/aromatic N) is 2. The molecule has 0 saturated heterocycles. The minimum absolute atomic E-state index is 0.311. The number of pyridine rings is 1. The van der Waals surface area contributed by atoms with E-state index in [2.05, 4.69) is 20.9 Å². The summed E-state index contributed by atoms with van der Waals surface area (Å²) in [6, 6.07) is 3.41. The first-order valence-electron chi connectivity index (χ1n) is 3.98. The second kappa shape index (κ2) is 3.45. The lowest BCUT2D eigenvalue weighted by Crippen LogP contribution is -2.37. The van der Waals surface area contributed by atoms with Crippen LogP contribution >= 0.6 is 15.9 Å². The van der Waals surface area contributed by atoms with Gasteiger partial charge in [-0.2, -0.15) is 0 Å². The van der Waals surface area contributed by atoms with Gasteiger partial charge in [0.25, 0.3) is 0 Å². The summed E-state index contributed by atoms with van der Waals surface area (Å²) in [6.45, 7) is 0.675. The van der Waals surface area contributed by atoms with E-state index < -0.39 is 6.09 Å². The van der Waals surface area contributed by atoms with Crippen LogP contribution in [-0.4, -0.2) is 29.3 Å². The number of anilines is 1. The van der Waals surface area contributed by atoms with Crippen molar-refractivity contribution in [1.29, 1.82) is 0 Å². The van der Waals surface area contributed by atoms with Gasteiger partial charge in [0.1, 0.15) is 11.2 Å². The summed E-state index contributed by atoms with van der Waals surface area (Å²) in [5.74, 6) is 0.847. The highest BCUT2D eigenvalue weighted by Crippen LogP contribution is 2.30. The molecule has 0 saturated carbocycles. The molecule has 2 rings (SSSR count). The van der Waals surface area contributed by atoms with Crippen molar-refractivity contribution in [2.75, 3.05) is 18.1 Å². The fraction of sp³-hybridized carbons (Fsp3) is 0.250. The molecule has 0 fully saturated rings. The summed E-state index contributed by atoms with van der Waals surface area (Å²) < 4.78 is 5.86. The van der Waals surface area contributed by atoms with Gasteiger partial charge in [-0.15, -0.1) is 0 Å². The van der Waals surface area contributed by atoms with Crippen LogP contribution in [-0.2, 0) is 0 Å². The molecule has 1 amide bonds. The second-order valence-corrected chi connectivity index (χ2v) is 3.55. The number of hydrogen-bond acceptors (Lipinski definition) is 3. The van der Waals surface area contributed by atoms with E-state index in [1.807, 2.05) is 0 Å². The van der Waals surface area contributed by atoms with Crippen LogP contribution in [0.15, 0.2) is 16.7 Å². The van der Waals surface area contributed by atoms with E-state index in [9.17, 15) is 4.79 Å². The van der Waals surface area contributed by atoms with Gasteiger partial charge in [0.05, 0.1) is 6.54 Å². The van der Waals surface area contributed by atoms with Crippen LogP contribution in [0.4, 0.5) is 10.6 Å². The average Bonchev–Trinajstić information content (AvgIpc) is 2.16. The van der Waals surface area contributed by atoms with E-state index >= 15 is 0 Å². The van der Waals surface area contributed by atoms with Gasteiger partial charge in [0.15, 0.2) is 11.6 Å². The standard InChI is InChI=1S/C8H7BrN2O3/c9-6-2-1-5-7(10-6)11(8(12)13)3-4-14-5/h1-2H,3-4H2,(H,12,13). The van der Waals surface area contributed by atoms with Crippen molar-refractivity contribution in [2.24, 2.45) is 0 Å². The van der Waals surface area contributed by atoms with Crippen molar-refractivity contribution in [2.45, 2.75) is 0 Å². The van der Waals surface area contributed by atoms with Gasteiger partial charge in [0.2, 0.25) is 0 Å². The fourth-order valence-corrected chi connectivity index (χ4v) is 1.56. The molecule has 1 aromatic heterocycles. The molecule has 0 unspecified atom stereocenters. The highest BCUT2D eigenvalue weighted by atomic mass is 79.9. The number of rotatable bonds is 0.